The van der Waals surface area contributed by atoms with Gasteiger partial charge in [0.15, 0.2) is 5.82 Å². The van der Waals surface area contributed by atoms with Gasteiger partial charge in [0, 0.05) is 19.6 Å². The molecule has 0 saturated carbocycles. The second-order valence-electron chi connectivity index (χ2n) is 3.38. The van der Waals surface area contributed by atoms with Gasteiger partial charge >= 0.3 is 0 Å². The van der Waals surface area contributed by atoms with E-state index < -0.39 is 0 Å². The van der Waals surface area contributed by atoms with Crippen molar-refractivity contribution in [2.24, 2.45) is 0 Å². The average molecular weight is 182 g/mol. The maximum Gasteiger partial charge on any atom is 0.245 e. The molecule has 0 aliphatic carbocycles. The summed E-state index contributed by atoms with van der Waals surface area (Å²) in [5.74, 6) is 1.42. The van der Waals surface area contributed by atoms with Crippen LogP contribution in [0, 0.1) is 6.92 Å². The molecule has 0 spiro atoms. The van der Waals surface area contributed by atoms with Crippen LogP contribution in [0.25, 0.3) is 0 Å². The first-order chi connectivity index (χ1) is 6.27. The summed E-state index contributed by atoms with van der Waals surface area (Å²) in [7, 11) is 2.07. The van der Waals surface area contributed by atoms with E-state index in [0.29, 0.717) is 11.7 Å². The maximum atomic E-state index is 5.13. The van der Waals surface area contributed by atoms with Crippen LogP contribution in [0.5, 0.6) is 0 Å². The highest BCUT2D eigenvalue weighted by atomic mass is 16.5. The number of nitrogens with zero attached hydrogens (tertiary/aromatic N) is 3. The number of nitrogens with one attached hydrogen (secondary N) is 1. The first-order valence-electron chi connectivity index (χ1n) is 4.48. The van der Waals surface area contributed by atoms with Crippen molar-refractivity contribution in [2.45, 2.75) is 13.0 Å². The van der Waals surface area contributed by atoms with Crippen LogP contribution in [0.4, 0.5) is 0 Å². The SMILES string of the molecule is Cc1noc([C@H]2CNCCN2C)n1. The van der Waals surface area contributed by atoms with E-state index in [0.717, 1.165) is 19.6 Å². The summed E-state index contributed by atoms with van der Waals surface area (Å²) < 4.78 is 5.13. The van der Waals surface area contributed by atoms with Gasteiger partial charge in [-0.25, -0.2) is 0 Å². The molecular weight excluding hydrogens is 168 g/mol. The first kappa shape index (κ1) is 8.65. The van der Waals surface area contributed by atoms with Gasteiger partial charge in [0.25, 0.3) is 0 Å². The zero-order valence-corrected chi connectivity index (χ0v) is 7.95. The van der Waals surface area contributed by atoms with Gasteiger partial charge in [-0.15, -0.1) is 0 Å². The molecule has 0 bridgehead atoms. The van der Waals surface area contributed by atoms with E-state index in [9.17, 15) is 0 Å². The lowest BCUT2D eigenvalue weighted by molar-refractivity contribution is 0.163. The van der Waals surface area contributed by atoms with Gasteiger partial charge in [0.1, 0.15) is 6.04 Å². The smallest absolute Gasteiger partial charge is 0.245 e. The summed E-state index contributed by atoms with van der Waals surface area (Å²) in [6.45, 7) is 4.77. The minimum absolute atomic E-state index is 0.231. The molecule has 0 amide bonds. The molecule has 1 aliphatic rings. The molecule has 1 saturated heterocycles. The van der Waals surface area contributed by atoms with Crippen LogP contribution in [0.15, 0.2) is 4.52 Å². The van der Waals surface area contributed by atoms with Gasteiger partial charge in [-0.05, 0) is 14.0 Å². The van der Waals surface area contributed by atoms with Crippen molar-refractivity contribution in [1.82, 2.24) is 20.4 Å². The largest absolute Gasteiger partial charge is 0.338 e. The summed E-state index contributed by atoms with van der Waals surface area (Å²) in [5.41, 5.74) is 0. The van der Waals surface area contributed by atoms with Crippen LogP contribution in [0.1, 0.15) is 17.8 Å². The molecular formula is C8H14N4O. The predicted molar refractivity (Wildman–Crippen MR) is 47.3 cm³/mol. The third-order valence-corrected chi connectivity index (χ3v) is 2.34. The van der Waals surface area contributed by atoms with Gasteiger partial charge in [-0.2, -0.15) is 4.98 Å². The molecule has 1 fully saturated rings. The molecule has 13 heavy (non-hydrogen) atoms. The normalized spacial score (nSPS) is 24.9. The Kier molecular flexibility index (Phi) is 2.28. The van der Waals surface area contributed by atoms with Gasteiger partial charge in [-0.3, -0.25) is 4.90 Å². The fourth-order valence-corrected chi connectivity index (χ4v) is 1.53. The van der Waals surface area contributed by atoms with Crippen LogP contribution in [0.3, 0.4) is 0 Å². The van der Waals surface area contributed by atoms with Crippen LogP contribution in [0.2, 0.25) is 0 Å². The highest BCUT2D eigenvalue weighted by molar-refractivity contribution is 4.94. The molecule has 5 nitrogen and oxygen atoms in total. The molecule has 5 heteroatoms. The van der Waals surface area contributed by atoms with E-state index in [1.165, 1.54) is 0 Å². The summed E-state index contributed by atoms with van der Waals surface area (Å²) >= 11 is 0. The number of hydrogen-bond donors (Lipinski definition) is 1. The monoisotopic (exact) mass is 182 g/mol. The first-order valence-corrected chi connectivity index (χ1v) is 4.48. The van der Waals surface area contributed by atoms with E-state index in [4.69, 9.17) is 4.52 Å². The van der Waals surface area contributed by atoms with Crippen LogP contribution < -0.4 is 5.32 Å². The summed E-state index contributed by atoms with van der Waals surface area (Å²) in [6.07, 6.45) is 0. The Morgan fingerprint density at radius 2 is 2.46 bits per heavy atom. The zero-order chi connectivity index (χ0) is 9.26. The second-order valence-corrected chi connectivity index (χ2v) is 3.38. The van der Waals surface area contributed by atoms with Gasteiger partial charge in [0.2, 0.25) is 5.89 Å². The number of piperazine rings is 1. The fraction of sp³-hybridized carbons (Fsp3) is 0.750. The minimum atomic E-state index is 0.231. The van der Waals surface area contributed by atoms with Crippen molar-refractivity contribution < 1.29 is 4.52 Å². The van der Waals surface area contributed by atoms with Crippen molar-refractivity contribution in [3.63, 3.8) is 0 Å². The lowest BCUT2D eigenvalue weighted by atomic mass is 10.2. The number of hydrogen-bond acceptors (Lipinski definition) is 5. The quantitative estimate of drug-likeness (QED) is 0.660. The Balaban J connectivity index is 2.14. The van der Waals surface area contributed by atoms with E-state index in [1.54, 1.807) is 0 Å². The van der Waals surface area contributed by atoms with Crippen molar-refractivity contribution in [3.05, 3.63) is 11.7 Å². The Morgan fingerprint density at radius 1 is 1.62 bits per heavy atom. The number of likely N-dealkylation sites (N-methyl/N-ethyl adjacent to an activating group) is 1. The molecule has 0 radical (unpaired) electrons. The minimum Gasteiger partial charge on any atom is -0.338 e. The Hall–Kier alpha value is -0.940. The molecule has 1 N–H and O–H groups in total. The van der Waals surface area contributed by atoms with Crippen LogP contribution in [-0.4, -0.2) is 41.7 Å². The van der Waals surface area contributed by atoms with Crippen molar-refractivity contribution in [2.75, 3.05) is 26.7 Å². The zero-order valence-electron chi connectivity index (χ0n) is 7.95. The summed E-state index contributed by atoms with van der Waals surface area (Å²) in [4.78, 5) is 6.45. The molecule has 2 heterocycles. The van der Waals surface area contributed by atoms with Crippen molar-refractivity contribution >= 4 is 0 Å². The molecule has 0 aromatic carbocycles. The number of aromatic nitrogens is 2. The standard InChI is InChI=1S/C8H14N4O/c1-6-10-8(13-11-6)7-5-9-3-4-12(7)2/h7,9H,3-5H2,1-2H3/t7-/m1/s1. The summed E-state index contributed by atoms with van der Waals surface area (Å²) in [5, 5.41) is 7.09. The molecule has 1 aromatic heterocycles. The van der Waals surface area contributed by atoms with Crippen LogP contribution >= 0.6 is 0 Å². The maximum absolute atomic E-state index is 5.13. The summed E-state index contributed by atoms with van der Waals surface area (Å²) in [6, 6.07) is 0.231. The molecule has 1 aliphatic heterocycles. The highest BCUT2D eigenvalue weighted by Gasteiger charge is 2.25. The van der Waals surface area contributed by atoms with E-state index in [-0.39, 0.29) is 6.04 Å². The highest BCUT2D eigenvalue weighted by Crippen LogP contribution is 2.17. The number of aryl methyl sites for hydroxylation is 1. The van der Waals surface area contributed by atoms with Gasteiger partial charge in [0.05, 0.1) is 0 Å². The van der Waals surface area contributed by atoms with E-state index in [2.05, 4.69) is 27.4 Å². The third-order valence-electron chi connectivity index (χ3n) is 2.34. The molecule has 0 unspecified atom stereocenters. The van der Waals surface area contributed by atoms with E-state index >= 15 is 0 Å². The average Bonchev–Trinajstić information content (AvgIpc) is 2.53. The molecule has 2 rings (SSSR count). The predicted octanol–water partition coefficient (Wildman–Crippen LogP) is -0.0459. The lowest BCUT2D eigenvalue weighted by Crippen LogP contribution is -2.43. The Bertz CT molecular complexity index is 285. The van der Waals surface area contributed by atoms with Crippen molar-refractivity contribution in [3.8, 4) is 0 Å². The second kappa shape index (κ2) is 3.43. The Labute approximate surface area is 77.1 Å². The fourth-order valence-electron chi connectivity index (χ4n) is 1.53. The third kappa shape index (κ3) is 1.71. The number of rotatable bonds is 1. The molecule has 72 valence electrons. The van der Waals surface area contributed by atoms with Gasteiger partial charge < -0.3 is 9.84 Å². The lowest BCUT2D eigenvalue weighted by Gasteiger charge is -2.30. The topological polar surface area (TPSA) is 54.2 Å². The van der Waals surface area contributed by atoms with Crippen LogP contribution in [-0.2, 0) is 0 Å². The molecule has 1 atom stereocenters. The Morgan fingerprint density at radius 3 is 3.08 bits per heavy atom. The molecule has 1 aromatic rings. The van der Waals surface area contributed by atoms with Crippen molar-refractivity contribution in [1.29, 1.82) is 0 Å². The van der Waals surface area contributed by atoms with Gasteiger partial charge in [-0.1, -0.05) is 5.16 Å². The van der Waals surface area contributed by atoms with E-state index in [1.807, 2.05) is 6.92 Å².